The van der Waals surface area contributed by atoms with Crippen LogP contribution in [-0.4, -0.2) is 38.4 Å². The maximum Gasteiger partial charge on any atom is 0.407 e. The minimum Gasteiger partial charge on any atom is -0.459 e. The number of carbonyl (C=O) groups excluding carboxylic acids is 2. The minimum absolute atomic E-state index is 0.0572. The first-order chi connectivity index (χ1) is 17.2. The van der Waals surface area contributed by atoms with Crippen LogP contribution >= 0.6 is 0 Å². The summed E-state index contributed by atoms with van der Waals surface area (Å²) in [6.07, 6.45) is 3.17. The number of nitrogens with one attached hydrogen (secondary N) is 1. The molecule has 1 N–H and O–H groups in total. The molecule has 0 saturated heterocycles. The standard InChI is InChI=1S/C29H29NO5/c1-33-18-10-9-17-27(28(31)34-19-21-11-3-2-4-12-21)30-29(32)35-20-26-24-15-7-5-13-22(24)23-14-6-8-16-25(23)26/h2-16,26-27H,17-20H2,1H3,(H,30,32)/b10-9-/t27-/m0/s1. The molecule has 0 heterocycles. The van der Waals surface area contributed by atoms with E-state index in [0.29, 0.717) is 6.61 Å². The number of esters is 1. The van der Waals surface area contributed by atoms with Gasteiger partial charge >= 0.3 is 12.1 Å². The molecule has 0 spiro atoms. The summed E-state index contributed by atoms with van der Waals surface area (Å²) in [6, 6.07) is 24.8. The zero-order valence-electron chi connectivity index (χ0n) is 19.7. The molecular weight excluding hydrogens is 442 g/mol. The molecule has 1 aliphatic rings. The second-order valence-corrected chi connectivity index (χ2v) is 8.28. The van der Waals surface area contributed by atoms with Gasteiger partial charge in [-0.3, -0.25) is 0 Å². The molecule has 3 aromatic carbocycles. The second-order valence-electron chi connectivity index (χ2n) is 8.28. The van der Waals surface area contributed by atoms with E-state index in [9.17, 15) is 9.59 Å². The summed E-state index contributed by atoms with van der Waals surface area (Å²) in [5, 5.41) is 2.67. The van der Waals surface area contributed by atoms with Crippen LogP contribution in [0.15, 0.2) is 91.0 Å². The maximum atomic E-state index is 12.7. The summed E-state index contributed by atoms with van der Waals surface area (Å²) in [5.41, 5.74) is 5.44. The van der Waals surface area contributed by atoms with E-state index in [-0.39, 0.29) is 25.6 Å². The zero-order chi connectivity index (χ0) is 24.5. The number of methoxy groups -OCH3 is 1. The average Bonchev–Trinajstić information content (AvgIpc) is 3.22. The SMILES string of the molecule is COC/C=C\C[C@H](NC(=O)OCC1c2ccccc2-c2ccccc21)C(=O)OCc1ccccc1. The number of fused-ring (bicyclic) bond motifs is 3. The van der Waals surface area contributed by atoms with Crippen LogP contribution in [0.2, 0.25) is 0 Å². The van der Waals surface area contributed by atoms with Crippen molar-refractivity contribution in [1.82, 2.24) is 5.32 Å². The topological polar surface area (TPSA) is 73.9 Å². The van der Waals surface area contributed by atoms with Gasteiger partial charge in [0.05, 0.1) is 6.61 Å². The van der Waals surface area contributed by atoms with Crippen LogP contribution in [0, 0.1) is 0 Å². The quantitative estimate of drug-likeness (QED) is 0.324. The van der Waals surface area contributed by atoms with Crippen molar-refractivity contribution in [2.24, 2.45) is 0 Å². The number of rotatable bonds is 10. The van der Waals surface area contributed by atoms with E-state index in [4.69, 9.17) is 14.2 Å². The van der Waals surface area contributed by atoms with Crippen LogP contribution in [-0.2, 0) is 25.6 Å². The largest absolute Gasteiger partial charge is 0.459 e. The van der Waals surface area contributed by atoms with Gasteiger partial charge in [-0.1, -0.05) is 91.0 Å². The van der Waals surface area contributed by atoms with Crippen molar-refractivity contribution in [1.29, 1.82) is 0 Å². The Balaban J connectivity index is 1.38. The Morgan fingerprint density at radius 2 is 1.49 bits per heavy atom. The zero-order valence-corrected chi connectivity index (χ0v) is 19.7. The van der Waals surface area contributed by atoms with Crippen LogP contribution in [0.25, 0.3) is 11.1 Å². The van der Waals surface area contributed by atoms with Crippen molar-refractivity contribution in [3.05, 3.63) is 108 Å². The molecule has 35 heavy (non-hydrogen) atoms. The van der Waals surface area contributed by atoms with E-state index in [2.05, 4.69) is 29.6 Å². The highest BCUT2D eigenvalue weighted by Crippen LogP contribution is 2.44. The number of carbonyl (C=O) groups is 2. The summed E-state index contributed by atoms with van der Waals surface area (Å²) in [6.45, 7) is 0.714. The molecule has 0 radical (unpaired) electrons. The second kappa shape index (κ2) is 12.0. The first-order valence-electron chi connectivity index (χ1n) is 11.6. The molecule has 3 aromatic rings. The molecule has 1 aliphatic carbocycles. The summed E-state index contributed by atoms with van der Waals surface area (Å²) in [7, 11) is 1.59. The molecule has 1 atom stereocenters. The molecule has 0 saturated carbocycles. The van der Waals surface area contributed by atoms with Crippen molar-refractivity contribution in [2.75, 3.05) is 20.3 Å². The summed E-state index contributed by atoms with van der Waals surface area (Å²) < 4.78 is 16.1. The Hall–Kier alpha value is -3.90. The molecule has 6 nitrogen and oxygen atoms in total. The molecule has 4 rings (SSSR count). The van der Waals surface area contributed by atoms with Crippen LogP contribution < -0.4 is 5.32 Å². The van der Waals surface area contributed by atoms with Crippen molar-refractivity contribution < 1.29 is 23.8 Å². The fraction of sp³-hybridized carbons (Fsp3) is 0.241. The fourth-order valence-corrected chi connectivity index (χ4v) is 4.22. The maximum absolute atomic E-state index is 12.7. The van der Waals surface area contributed by atoms with Gasteiger partial charge in [-0.05, 0) is 34.2 Å². The first-order valence-corrected chi connectivity index (χ1v) is 11.6. The van der Waals surface area contributed by atoms with E-state index in [0.717, 1.165) is 27.8 Å². The molecular formula is C29H29NO5. The number of benzene rings is 3. The molecule has 6 heteroatoms. The van der Waals surface area contributed by atoms with Gasteiger partial charge in [-0.25, -0.2) is 9.59 Å². The smallest absolute Gasteiger partial charge is 0.407 e. The van der Waals surface area contributed by atoms with E-state index in [1.807, 2.05) is 54.6 Å². The van der Waals surface area contributed by atoms with Crippen LogP contribution in [0.1, 0.15) is 29.0 Å². The Labute approximate surface area is 205 Å². The van der Waals surface area contributed by atoms with Gasteiger partial charge in [0.25, 0.3) is 0 Å². The summed E-state index contributed by atoms with van der Waals surface area (Å²) in [5.74, 6) is -0.581. The highest BCUT2D eigenvalue weighted by atomic mass is 16.6. The van der Waals surface area contributed by atoms with Gasteiger partial charge in [-0.2, -0.15) is 0 Å². The number of hydrogen-bond donors (Lipinski definition) is 1. The summed E-state index contributed by atoms with van der Waals surface area (Å²) >= 11 is 0. The third-order valence-corrected chi connectivity index (χ3v) is 5.95. The summed E-state index contributed by atoms with van der Waals surface area (Å²) in [4.78, 5) is 25.5. The Morgan fingerprint density at radius 3 is 2.14 bits per heavy atom. The number of amides is 1. The monoisotopic (exact) mass is 471 g/mol. The Bertz CT molecular complexity index is 1130. The first kappa shape index (κ1) is 24.2. The normalized spacial score (nSPS) is 13.2. The molecule has 1 amide bonds. The van der Waals surface area contributed by atoms with Crippen molar-refractivity contribution in [2.45, 2.75) is 25.0 Å². The number of alkyl carbamates (subject to hydrolysis) is 1. The van der Waals surface area contributed by atoms with E-state index in [1.165, 1.54) is 0 Å². The average molecular weight is 472 g/mol. The van der Waals surface area contributed by atoms with Gasteiger partial charge in [0, 0.05) is 13.0 Å². The van der Waals surface area contributed by atoms with Crippen LogP contribution in [0.3, 0.4) is 0 Å². The Morgan fingerprint density at radius 1 is 0.857 bits per heavy atom. The van der Waals surface area contributed by atoms with Crippen LogP contribution in [0.5, 0.6) is 0 Å². The molecule has 0 aliphatic heterocycles. The van der Waals surface area contributed by atoms with Crippen molar-refractivity contribution >= 4 is 12.1 Å². The van der Waals surface area contributed by atoms with Gasteiger partial charge in [0.15, 0.2) is 0 Å². The molecule has 180 valence electrons. The van der Waals surface area contributed by atoms with Gasteiger partial charge in [0.2, 0.25) is 0 Å². The Kier molecular flexibility index (Phi) is 8.30. The van der Waals surface area contributed by atoms with Gasteiger partial charge in [0.1, 0.15) is 19.3 Å². The number of hydrogen-bond acceptors (Lipinski definition) is 5. The third-order valence-electron chi connectivity index (χ3n) is 5.95. The van der Waals surface area contributed by atoms with Crippen molar-refractivity contribution in [3.8, 4) is 11.1 Å². The minimum atomic E-state index is -0.873. The van der Waals surface area contributed by atoms with E-state index < -0.39 is 18.1 Å². The van der Waals surface area contributed by atoms with Crippen LogP contribution in [0.4, 0.5) is 4.79 Å². The highest BCUT2D eigenvalue weighted by molar-refractivity contribution is 5.82. The van der Waals surface area contributed by atoms with Gasteiger partial charge < -0.3 is 19.5 Å². The molecule has 0 unspecified atom stereocenters. The van der Waals surface area contributed by atoms with Crippen molar-refractivity contribution in [3.63, 3.8) is 0 Å². The highest BCUT2D eigenvalue weighted by Gasteiger charge is 2.29. The molecule has 0 fully saturated rings. The lowest BCUT2D eigenvalue weighted by Gasteiger charge is -2.18. The third kappa shape index (κ3) is 6.16. The number of ether oxygens (including phenoxy) is 3. The predicted molar refractivity (Wildman–Crippen MR) is 134 cm³/mol. The molecule has 0 bridgehead atoms. The van der Waals surface area contributed by atoms with E-state index in [1.54, 1.807) is 19.3 Å². The fourth-order valence-electron chi connectivity index (χ4n) is 4.22. The van der Waals surface area contributed by atoms with E-state index >= 15 is 0 Å². The lowest BCUT2D eigenvalue weighted by atomic mass is 9.98. The predicted octanol–water partition coefficient (Wildman–Crippen LogP) is 5.23. The molecule has 0 aromatic heterocycles. The van der Waals surface area contributed by atoms with Gasteiger partial charge in [-0.15, -0.1) is 0 Å². The lowest BCUT2D eigenvalue weighted by molar-refractivity contribution is -0.147. The lowest BCUT2D eigenvalue weighted by Crippen LogP contribution is -2.42.